The molecular weight excluding hydrogens is 272 g/mol. The molecule has 0 saturated carbocycles. The predicted molar refractivity (Wildman–Crippen MR) is 73.3 cm³/mol. The molecule has 3 nitrogen and oxygen atoms in total. The van der Waals surface area contributed by atoms with E-state index < -0.39 is 12.1 Å². The van der Waals surface area contributed by atoms with E-state index in [0.29, 0.717) is 5.02 Å². The number of thioether (sulfide) groups is 1. The molecule has 0 bridgehead atoms. The summed E-state index contributed by atoms with van der Waals surface area (Å²) in [6.45, 7) is 0. The molecule has 0 spiro atoms. The van der Waals surface area contributed by atoms with E-state index >= 15 is 0 Å². The molecule has 0 radical (unpaired) electrons. The molecule has 0 aliphatic heterocycles. The van der Waals surface area contributed by atoms with Crippen molar-refractivity contribution in [2.24, 2.45) is 0 Å². The molecule has 5 heteroatoms. The highest BCUT2D eigenvalue weighted by atomic mass is 35.5. The Morgan fingerprint density at radius 3 is 2.61 bits per heavy atom. The van der Waals surface area contributed by atoms with Gasteiger partial charge in [-0.15, -0.1) is 11.8 Å². The van der Waals surface area contributed by atoms with Crippen LogP contribution in [0, 0.1) is 0 Å². The first-order valence-corrected chi connectivity index (χ1v) is 6.65. The zero-order valence-corrected chi connectivity index (χ0v) is 10.9. The molecule has 0 amide bonds. The van der Waals surface area contributed by atoms with E-state index in [1.807, 2.05) is 36.4 Å². The van der Waals surface area contributed by atoms with Crippen molar-refractivity contribution in [1.82, 2.24) is 0 Å². The van der Waals surface area contributed by atoms with Gasteiger partial charge >= 0.3 is 5.97 Å². The van der Waals surface area contributed by atoms with Gasteiger partial charge in [0, 0.05) is 15.7 Å². The molecule has 0 aliphatic carbocycles. The van der Waals surface area contributed by atoms with Crippen LogP contribution in [0.4, 0.5) is 0 Å². The second-order valence-electron chi connectivity index (χ2n) is 3.82. The van der Waals surface area contributed by atoms with Gasteiger partial charge in [-0.3, -0.25) is 0 Å². The van der Waals surface area contributed by atoms with E-state index in [-0.39, 0.29) is 5.75 Å². The first-order valence-electron chi connectivity index (χ1n) is 5.29. The molecule has 0 unspecified atom stereocenters. The highest BCUT2D eigenvalue weighted by Crippen LogP contribution is 2.26. The minimum atomic E-state index is -1.34. The number of halogens is 1. The molecule has 2 N–H and O–H groups in total. The standard InChI is InChI=1S/C13H11ClO3S/c14-10-3-1-9-6-11(4-2-8(9)5-10)18-7-12(15)13(16)17/h1-6,12,15H,7H2,(H,16,17)/t12-/m1/s1. The smallest absolute Gasteiger partial charge is 0.333 e. The van der Waals surface area contributed by atoms with Crippen molar-refractivity contribution in [2.75, 3.05) is 5.75 Å². The number of hydrogen-bond donors (Lipinski definition) is 2. The fourth-order valence-electron chi connectivity index (χ4n) is 1.53. The van der Waals surface area contributed by atoms with Crippen LogP contribution in [-0.4, -0.2) is 28.0 Å². The molecule has 2 aromatic rings. The van der Waals surface area contributed by atoms with Crippen LogP contribution in [0.15, 0.2) is 41.3 Å². The van der Waals surface area contributed by atoms with Crippen molar-refractivity contribution < 1.29 is 15.0 Å². The van der Waals surface area contributed by atoms with E-state index in [2.05, 4.69) is 0 Å². The summed E-state index contributed by atoms with van der Waals surface area (Å²) in [5, 5.41) is 20.5. The van der Waals surface area contributed by atoms with Gasteiger partial charge in [0.05, 0.1) is 0 Å². The number of hydrogen-bond acceptors (Lipinski definition) is 3. The van der Waals surface area contributed by atoms with Crippen LogP contribution < -0.4 is 0 Å². The van der Waals surface area contributed by atoms with E-state index in [0.717, 1.165) is 15.7 Å². The molecule has 1 atom stereocenters. The number of fused-ring (bicyclic) bond motifs is 1. The Labute approximate surface area is 113 Å². The lowest BCUT2D eigenvalue weighted by Gasteiger charge is -2.06. The number of carboxylic acids is 1. The molecule has 18 heavy (non-hydrogen) atoms. The quantitative estimate of drug-likeness (QED) is 0.847. The summed E-state index contributed by atoms with van der Waals surface area (Å²) in [6, 6.07) is 11.4. The molecule has 0 fully saturated rings. The Hall–Kier alpha value is -1.23. The second kappa shape index (κ2) is 5.61. The third kappa shape index (κ3) is 3.16. The fraction of sp³-hybridized carbons (Fsp3) is 0.154. The van der Waals surface area contributed by atoms with E-state index in [1.165, 1.54) is 11.8 Å². The van der Waals surface area contributed by atoms with E-state index in [4.69, 9.17) is 16.7 Å². The summed E-state index contributed by atoms with van der Waals surface area (Å²) in [5.74, 6) is -1.07. The van der Waals surface area contributed by atoms with Gasteiger partial charge in [-0.25, -0.2) is 4.79 Å². The first-order chi connectivity index (χ1) is 8.56. The first kappa shape index (κ1) is 13.2. The maximum absolute atomic E-state index is 10.5. The number of benzene rings is 2. The summed E-state index contributed by atoms with van der Waals surface area (Å²) in [6.07, 6.45) is -1.34. The van der Waals surface area contributed by atoms with Gasteiger partial charge in [0.25, 0.3) is 0 Å². The van der Waals surface area contributed by atoms with Gasteiger partial charge in [0.2, 0.25) is 0 Å². The minimum Gasteiger partial charge on any atom is -0.479 e. The summed E-state index contributed by atoms with van der Waals surface area (Å²) in [7, 11) is 0. The fourth-order valence-corrected chi connectivity index (χ4v) is 2.58. The summed E-state index contributed by atoms with van der Waals surface area (Å²) in [5.41, 5.74) is 0. The highest BCUT2D eigenvalue weighted by Gasteiger charge is 2.13. The maximum atomic E-state index is 10.5. The SMILES string of the molecule is O=C(O)[C@H](O)CSc1ccc2cc(Cl)ccc2c1. The van der Waals surface area contributed by atoms with Crippen molar-refractivity contribution in [3.8, 4) is 0 Å². The zero-order valence-electron chi connectivity index (χ0n) is 9.34. The Kier molecular flexibility index (Phi) is 4.11. The Morgan fingerprint density at radius 1 is 1.22 bits per heavy atom. The number of aliphatic hydroxyl groups is 1. The van der Waals surface area contributed by atoms with Crippen molar-refractivity contribution in [1.29, 1.82) is 0 Å². The van der Waals surface area contributed by atoms with Crippen LogP contribution in [0.5, 0.6) is 0 Å². The van der Waals surface area contributed by atoms with Crippen LogP contribution in [0.1, 0.15) is 0 Å². The topological polar surface area (TPSA) is 57.5 Å². The highest BCUT2D eigenvalue weighted by molar-refractivity contribution is 7.99. The monoisotopic (exact) mass is 282 g/mol. The average molecular weight is 283 g/mol. The minimum absolute atomic E-state index is 0.133. The molecule has 0 aromatic heterocycles. The van der Waals surface area contributed by atoms with Crippen LogP contribution in [0.25, 0.3) is 10.8 Å². The normalized spacial score (nSPS) is 12.6. The molecule has 94 valence electrons. The third-order valence-electron chi connectivity index (χ3n) is 2.47. The average Bonchev–Trinajstić information content (AvgIpc) is 2.35. The lowest BCUT2D eigenvalue weighted by molar-refractivity contribution is -0.145. The summed E-state index contributed by atoms with van der Waals surface area (Å²) < 4.78 is 0. The van der Waals surface area contributed by atoms with Gasteiger partial charge in [0.15, 0.2) is 6.10 Å². The lowest BCUT2D eigenvalue weighted by atomic mass is 10.1. The predicted octanol–water partition coefficient (Wildman–Crippen LogP) is 3.03. The van der Waals surface area contributed by atoms with Gasteiger partial charge < -0.3 is 10.2 Å². The Bertz CT molecular complexity index is 585. The largest absolute Gasteiger partial charge is 0.479 e. The van der Waals surface area contributed by atoms with E-state index in [1.54, 1.807) is 0 Å². The number of aliphatic hydroxyl groups excluding tert-OH is 1. The molecule has 2 rings (SSSR count). The van der Waals surface area contributed by atoms with Crippen molar-refractivity contribution in [2.45, 2.75) is 11.0 Å². The number of rotatable bonds is 4. The molecule has 0 heterocycles. The zero-order chi connectivity index (χ0) is 13.1. The number of carbonyl (C=O) groups is 1. The van der Waals surface area contributed by atoms with E-state index in [9.17, 15) is 9.90 Å². The Morgan fingerprint density at radius 2 is 1.89 bits per heavy atom. The molecule has 0 saturated heterocycles. The maximum Gasteiger partial charge on any atom is 0.333 e. The molecule has 0 aliphatic rings. The van der Waals surface area contributed by atoms with Crippen LogP contribution in [0.3, 0.4) is 0 Å². The molecular formula is C13H11ClO3S. The Balaban J connectivity index is 2.15. The van der Waals surface area contributed by atoms with Gasteiger partial charge in [-0.1, -0.05) is 23.7 Å². The van der Waals surface area contributed by atoms with Crippen molar-refractivity contribution in [3.05, 3.63) is 41.4 Å². The van der Waals surface area contributed by atoms with Crippen molar-refractivity contribution >= 4 is 40.1 Å². The van der Waals surface area contributed by atoms with Crippen LogP contribution >= 0.6 is 23.4 Å². The molecule has 2 aromatic carbocycles. The number of aliphatic carboxylic acids is 1. The van der Waals surface area contributed by atoms with Crippen LogP contribution in [0.2, 0.25) is 5.02 Å². The lowest BCUT2D eigenvalue weighted by Crippen LogP contribution is -2.21. The van der Waals surface area contributed by atoms with Gasteiger partial charge in [0.1, 0.15) is 0 Å². The van der Waals surface area contributed by atoms with Crippen molar-refractivity contribution in [3.63, 3.8) is 0 Å². The van der Waals surface area contributed by atoms with Crippen LogP contribution in [-0.2, 0) is 4.79 Å². The summed E-state index contributed by atoms with van der Waals surface area (Å²) in [4.78, 5) is 11.4. The third-order valence-corrected chi connectivity index (χ3v) is 3.77. The second-order valence-corrected chi connectivity index (χ2v) is 5.35. The number of carboxylic acid groups (broad SMARTS) is 1. The summed E-state index contributed by atoms with van der Waals surface area (Å²) >= 11 is 7.20. The van der Waals surface area contributed by atoms with Gasteiger partial charge in [-0.05, 0) is 35.0 Å². The van der Waals surface area contributed by atoms with Gasteiger partial charge in [-0.2, -0.15) is 0 Å².